The molecule has 0 aliphatic heterocycles. The van der Waals surface area contributed by atoms with E-state index >= 15 is 0 Å². The van der Waals surface area contributed by atoms with Crippen LogP contribution in [0.5, 0.6) is 0 Å². The summed E-state index contributed by atoms with van der Waals surface area (Å²) in [4.78, 5) is 0.649. The molecule has 0 spiro atoms. The molecule has 1 aromatic rings. The number of halogens is 1. The monoisotopic (exact) mass is 294 g/mol. The molecule has 94 valence electrons. The van der Waals surface area contributed by atoms with E-state index in [0.29, 0.717) is 4.83 Å². The fraction of sp³-hybridized carbons (Fsp3) is 0.625. The number of rotatable bonds is 4. The summed E-state index contributed by atoms with van der Waals surface area (Å²) >= 11 is 3.67. The lowest BCUT2D eigenvalue weighted by atomic mass is 9.78. The minimum absolute atomic E-state index is 0.649. The van der Waals surface area contributed by atoms with E-state index in [2.05, 4.69) is 54.0 Å². The second kappa shape index (κ2) is 6.04. The van der Waals surface area contributed by atoms with Gasteiger partial charge in [0.1, 0.15) is 0 Å². The highest BCUT2D eigenvalue weighted by atomic mass is 79.9. The van der Waals surface area contributed by atoms with Crippen LogP contribution in [0.25, 0.3) is 0 Å². The maximum absolute atomic E-state index is 3.67. The Balaban J connectivity index is 2.03. The van der Waals surface area contributed by atoms with E-state index < -0.39 is 0 Å². The van der Waals surface area contributed by atoms with Crippen LogP contribution in [0.15, 0.2) is 24.3 Å². The van der Waals surface area contributed by atoms with Gasteiger partial charge in [-0.25, -0.2) is 0 Å². The average molecular weight is 295 g/mol. The first-order valence-corrected chi connectivity index (χ1v) is 7.80. The van der Waals surface area contributed by atoms with Crippen molar-refractivity contribution in [2.24, 2.45) is 5.92 Å². The largest absolute Gasteiger partial charge is 0.0894 e. The number of hydrogen-bond acceptors (Lipinski definition) is 0. The molecule has 0 heterocycles. The molecule has 0 amide bonds. The maximum Gasteiger partial charge on any atom is 0.0120 e. The van der Waals surface area contributed by atoms with Gasteiger partial charge < -0.3 is 0 Å². The molecule has 0 aromatic heterocycles. The lowest BCUT2D eigenvalue weighted by Gasteiger charge is -2.28. The van der Waals surface area contributed by atoms with Gasteiger partial charge in [0, 0.05) is 4.83 Å². The van der Waals surface area contributed by atoms with Crippen molar-refractivity contribution in [3.63, 3.8) is 0 Å². The van der Waals surface area contributed by atoms with E-state index in [1.807, 2.05) is 0 Å². The summed E-state index contributed by atoms with van der Waals surface area (Å²) in [7, 11) is 0. The molecule has 0 saturated carbocycles. The first-order valence-electron chi connectivity index (χ1n) is 6.88. The van der Waals surface area contributed by atoms with Crippen LogP contribution in [0.1, 0.15) is 56.6 Å². The third-order valence-corrected chi connectivity index (χ3v) is 4.28. The third-order valence-electron chi connectivity index (χ3n) is 3.91. The summed E-state index contributed by atoms with van der Waals surface area (Å²) in [5, 5.41) is 0. The summed E-state index contributed by atoms with van der Waals surface area (Å²) in [5.74, 6) is 1.63. The van der Waals surface area contributed by atoms with Crippen molar-refractivity contribution in [2.45, 2.75) is 56.7 Å². The highest BCUT2D eigenvalue weighted by Gasteiger charge is 2.21. The zero-order valence-corrected chi connectivity index (χ0v) is 12.5. The Morgan fingerprint density at radius 2 is 2.06 bits per heavy atom. The number of fused-ring (bicyclic) bond motifs is 1. The molecular weight excluding hydrogens is 272 g/mol. The Morgan fingerprint density at radius 3 is 2.82 bits per heavy atom. The molecule has 1 aromatic carbocycles. The van der Waals surface area contributed by atoms with Crippen LogP contribution in [0, 0.1) is 5.92 Å². The standard InChI is InChI=1S/C16H23Br/c1-12(10-13(2)17)11-15-8-5-7-14-6-3-4-9-16(14)15/h3-4,6,9,12-13,15H,5,7-8,10-11H2,1-2H3. The van der Waals surface area contributed by atoms with Crippen LogP contribution in [-0.2, 0) is 6.42 Å². The highest BCUT2D eigenvalue weighted by molar-refractivity contribution is 9.09. The Kier molecular flexibility index (Phi) is 4.67. The summed E-state index contributed by atoms with van der Waals surface area (Å²) in [6.07, 6.45) is 6.69. The highest BCUT2D eigenvalue weighted by Crippen LogP contribution is 2.36. The van der Waals surface area contributed by atoms with Crippen LogP contribution in [0.4, 0.5) is 0 Å². The normalized spacial score (nSPS) is 22.9. The van der Waals surface area contributed by atoms with Crippen molar-refractivity contribution in [2.75, 3.05) is 0 Å². The predicted molar refractivity (Wildman–Crippen MR) is 78.9 cm³/mol. The molecule has 1 heteroatoms. The zero-order valence-electron chi connectivity index (χ0n) is 11.0. The van der Waals surface area contributed by atoms with E-state index in [0.717, 1.165) is 11.8 Å². The van der Waals surface area contributed by atoms with E-state index in [1.54, 1.807) is 11.1 Å². The molecule has 0 bridgehead atoms. The van der Waals surface area contributed by atoms with Crippen molar-refractivity contribution < 1.29 is 0 Å². The molecule has 0 fully saturated rings. The predicted octanol–water partition coefficient (Wildman–Crippen LogP) is 5.31. The Bertz CT molecular complexity index is 356. The third kappa shape index (κ3) is 3.58. The number of aryl methyl sites for hydroxylation is 1. The van der Waals surface area contributed by atoms with E-state index in [-0.39, 0.29) is 0 Å². The van der Waals surface area contributed by atoms with Crippen molar-refractivity contribution >= 4 is 15.9 Å². The lowest BCUT2D eigenvalue weighted by molar-refractivity contribution is 0.407. The van der Waals surface area contributed by atoms with Gasteiger partial charge in [0.05, 0.1) is 0 Å². The van der Waals surface area contributed by atoms with Crippen molar-refractivity contribution in [1.29, 1.82) is 0 Å². The Labute approximate surface area is 114 Å². The molecular formula is C16H23Br. The van der Waals surface area contributed by atoms with Crippen LogP contribution >= 0.6 is 15.9 Å². The summed E-state index contributed by atoms with van der Waals surface area (Å²) < 4.78 is 0. The number of hydrogen-bond donors (Lipinski definition) is 0. The van der Waals surface area contributed by atoms with Gasteiger partial charge in [-0.2, -0.15) is 0 Å². The number of benzene rings is 1. The van der Waals surface area contributed by atoms with Crippen LogP contribution < -0.4 is 0 Å². The molecule has 2 rings (SSSR count). The van der Waals surface area contributed by atoms with Gasteiger partial charge in [-0.3, -0.25) is 0 Å². The topological polar surface area (TPSA) is 0 Å². The van der Waals surface area contributed by atoms with E-state index in [9.17, 15) is 0 Å². The first-order chi connectivity index (χ1) is 8.16. The lowest BCUT2D eigenvalue weighted by Crippen LogP contribution is -2.14. The number of alkyl halides is 1. The van der Waals surface area contributed by atoms with Crippen molar-refractivity contribution in [1.82, 2.24) is 0 Å². The summed E-state index contributed by atoms with van der Waals surface area (Å²) in [6, 6.07) is 9.06. The SMILES string of the molecule is CC(Br)CC(C)CC1CCCc2ccccc21. The molecule has 0 N–H and O–H groups in total. The van der Waals surface area contributed by atoms with E-state index in [1.165, 1.54) is 32.1 Å². The second-order valence-corrected chi connectivity index (χ2v) is 7.21. The van der Waals surface area contributed by atoms with Gasteiger partial charge in [0.2, 0.25) is 0 Å². The van der Waals surface area contributed by atoms with Gasteiger partial charge in [0.15, 0.2) is 0 Å². The van der Waals surface area contributed by atoms with Crippen LogP contribution in [0.3, 0.4) is 0 Å². The first kappa shape index (κ1) is 13.1. The van der Waals surface area contributed by atoms with Crippen LogP contribution in [-0.4, -0.2) is 4.83 Å². The maximum atomic E-state index is 3.67. The van der Waals surface area contributed by atoms with Gasteiger partial charge >= 0.3 is 0 Å². The molecule has 3 atom stereocenters. The molecule has 17 heavy (non-hydrogen) atoms. The minimum Gasteiger partial charge on any atom is -0.0894 e. The van der Waals surface area contributed by atoms with Gasteiger partial charge in [0.25, 0.3) is 0 Å². The quantitative estimate of drug-likeness (QED) is 0.661. The van der Waals surface area contributed by atoms with Gasteiger partial charge in [-0.1, -0.05) is 54.0 Å². The fourth-order valence-electron chi connectivity index (χ4n) is 3.24. The molecule has 0 nitrogen and oxygen atoms in total. The Hall–Kier alpha value is -0.300. The molecule has 1 aliphatic rings. The fourth-order valence-corrected chi connectivity index (χ4v) is 3.87. The van der Waals surface area contributed by atoms with Gasteiger partial charge in [-0.15, -0.1) is 0 Å². The van der Waals surface area contributed by atoms with Gasteiger partial charge in [-0.05, 0) is 55.1 Å². The molecule has 0 saturated heterocycles. The van der Waals surface area contributed by atoms with Crippen molar-refractivity contribution in [3.05, 3.63) is 35.4 Å². The summed E-state index contributed by atoms with van der Waals surface area (Å²) in [6.45, 7) is 4.65. The average Bonchev–Trinajstić information content (AvgIpc) is 2.28. The molecule has 0 radical (unpaired) electrons. The smallest absolute Gasteiger partial charge is 0.0120 e. The van der Waals surface area contributed by atoms with E-state index in [4.69, 9.17) is 0 Å². The molecule has 1 aliphatic carbocycles. The van der Waals surface area contributed by atoms with Crippen LogP contribution in [0.2, 0.25) is 0 Å². The zero-order chi connectivity index (χ0) is 12.3. The molecule has 3 unspecified atom stereocenters. The summed E-state index contributed by atoms with van der Waals surface area (Å²) in [5.41, 5.74) is 3.23. The Morgan fingerprint density at radius 1 is 1.29 bits per heavy atom. The minimum atomic E-state index is 0.649. The van der Waals surface area contributed by atoms with Crippen molar-refractivity contribution in [3.8, 4) is 0 Å². The second-order valence-electron chi connectivity index (χ2n) is 5.65.